The summed E-state index contributed by atoms with van der Waals surface area (Å²) in [6, 6.07) is 12.9. The second-order valence-electron chi connectivity index (χ2n) is 8.10. The van der Waals surface area contributed by atoms with Crippen LogP contribution in [0.15, 0.2) is 42.6 Å². The second kappa shape index (κ2) is 6.58. The van der Waals surface area contributed by atoms with Crippen LogP contribution in [-0.4, -0.2) is 41.7 Å². The van der Waals surface area contributed by atoms with Gasteiger partial charge in [-0.1, -0.05) is 30.3 Å². The van der Waals surface area contributed by atoms with Crippen LogP contribution in [0.1, 0.15) is 30.4 Å². The van der Waals surface area contributed by atoms with Gasteiger partial charge in [0.25, 0.3) is 0 Å². The summed E-state index contributed by atoms with van der Waals surface area (Å²) >= 11 is 0. The fraction of sp³-hybridized carbons (Fsp3) is 0.500. The van der Waals surface area contributed by atoms with Crippen LogP contribution in [0.4, 0.5) is 5.69 Å². The topological polar surface area (TPSA) is 37.4 Å². The standard InChI is InChI=1S/C22H27N3O/c1-2-5-17(6-3-1)7-4-10-23-20-13-18-14-22(26-21(18)24-15-20)16-25-11-8-19(22)9-12-25/h1-3,5-6,13,15,19,23H,4,7-12,14,16H2/t22-/m0/s1. The van der Waals surface area contributed by atoms with E-state index in [1.807, 2.05) is 6.20 Å². The monoisotopic (exact) mass is 349 g/mol. The number of hydrogen-bond acceptors (Lipinski definition) is 4. The molecular weight excluding hydrogens is 322 g/mol. The Bertz CT molecular complexity index is 770. The minimum Gasteiger partial charge on any atom is -0.469 e. The highest BCUT2D eigenvalue weighted by atomic mass is 16.5. The zero-order valence-electron chi connectivity index (χ0n) is 15.3. The van der Waals surface area contributed by atoms with E-state index >= 15 is 0 Å². The molecular formula is C22H27N3O. The summed E-state index contributed by atoms with van der Waals surface area (Å²) in [4.78, 5) is 7.19. The first-order chi connectivity index (χ1) is 12.8. The Morgan fingerprint density at radius 2 is 2.04 bits per heavy atom. The van der Waals surface area contributed by atoms with Crippen molar-refractivity contribution in [2.45, 2.75) is 37.7 Å². The number of piperidine rings is 3. The summed E-state index contributed by atoms with van der Waals surface area (Å²) < 4.78 is 6.43. The number of aromatic nitrogens is 1. The smallest absolute Gasteiger partial charge is 0.217 e. The number of rotatable bonds is 5. The first kappa shape index (κ1) is 16.1. The van der Waals surface area contributed by atoms with Crippen LogP contribution in [0.5, 0.6) is 5.88 Å². The Morgan fingerprint density at radius 3 is 2.81 bits per heavy atom. The molecule has 1 aromatic carbocycles. The molecule has 2 aromatic rings. The van der Waals surface area contributed by atoms with Crippen LogP contribution in [0.2, 0.25) is 0 Å². The molecule has 4 aliphatic heterocycles. The van der Waals surface area contributed by atoms with Gasteiger partial charge in [0.2, 0.25) is 5.88 Å². The molecule has 4 nitrogen and oxygen atoms in total. The highest BCUT2D eigenvalue weighted by Gasteiger charge is 2.52. The van der Waals surface area contributed by atoms with Crippen molar-refractivity contribution in [3.63, 3.8) is 0 Å². The lowest BCUT2D eigenvalue weighted by atomic mass is 9.73. The number of anilines is 1. The molecule has 1 atom stereocenters. The third-order valence-corrected chi connectivity index (χ3v) is 6.35. The molecule has 2 bridgehead atoms. The van der Waals surface area contributed by atoms with Gasteiger partial charge < -0.3 is 10.1 Å². The molecule has 3 saturated heterocycles. The van der Waals surface area contributed by atoms with Crippen LogP contribution in [-0.2, 0) is 12.8 Å². The van der Waals surface area contributed by atoms with Crippen molar-refractivity contribution in [3.8, 4) is 5.88 Å². The number of pyridine rings is 1. The third kappa shape index (κ3) is 2.96. The summed E-state index contributed by atoms with van der Waals surface area (Å²) in [6.45, 7) is 4.53. The van der Waals surface area contributed by atoms with Gasteiger partial charge in [0.05, 0.1) is 11.9 Å². The molecule has 6 rings (SSSR count). The number of aryl methyl sites for hydroxylation is 1. The molecule has 0 saturated carbocycles. The predicted molar refractivity (Wildman–Crippen MR) is 104 cm³/mol. The predicted octanol–water partition coefficient (Wildman–Crippen LogP) is 3.53. The van der Waals surface area contributed by atoms with Gasteiger partial charge in [0.15, 0.2) is 0 Å². The minimum atomic E-state index is -0.00222. The highest BCUT2D eigenvalue weighted by Crippen LogP contribution is 2.46. The molecule has 1 spiro atoms. The summed E-state index contributed by atoms with van der Waals surface area (Å²) in [5.41, 5.74) is 3.81. The lowest BCUT2D eigenvalue weighted by Gasteiger charge is -2.50. The SMILES string of the molecule is c1ccc(CCCNc2cnc3c(c2)C[C@@]2(CN4CCC2CC4)O3)cc1. The van der Waals surface area contributed by atoms with Gasteiger partial charge in [0, 0.05) is 31.0 Å². The van der Waals surface area contributed by atoms with E-state index in [2.05, 4.69) is 51.6 Å². The minimum absolute atomic E-state index is 0.00222. The van der Waals surface area contributed by atoms with E-state index in [0.29, 0.717) is 5.92 Å². The fourth-order valence-electron chi connectivity index (χ4n) is 4.97. The number of hydrogen-bond donors (Lipinski definition) is 1. The molecule has 0 radical (unpaired) electrons. The van der Waals surface area contributed by atoms with E-state index in [0.717, 1.165) is 43.9 Å². The van der Waals surface area contributed by atoms with Gasteiger partial charge in [-0.25, -0.2) is 4.98 Å². The first-order valence-electron chi connectivity index (χ1n) is 9.99. The van der Waals surface area contributed by atoms with Gasteiger partial charge in [-0.05, 0) is 50.4 Å². The van der Waals surface area contributed by atoms with Gasteiger partial charge in [-0.2, -0.15) is 0 Å². The van der Waals surface area contributed by atoms with Crippen LogP contribution < -0.4 is 10.1 Å². The number of ether oxygens (including phenoxy) is 1. The average Bonchev–Trinajstić information content (AvgIpc) is 3.03. The molecule has 0 amide bonds. The maximum absolute atomic E-state index is 6.43. The molecule has 4 heteroatoms. The molecule has 4 aliphatic rings. The van der Waals surface area contributed by atoms with Crippen molar-refractivity contribution in [1.82, 2.24) is 9.88 Å². The van der Waals surface area contributed by atoms with Gasteiger partial charge in [-0.3, -0.25) is 4.90 Å². The summed E-state index contributed by atoms with van der Waals surface area (Å²) in [5.74, 6) is 1.57. The van der Waals surface area contributed by atoms with Crippen molar-refractivity contribution in [2.75, 3.05) is 31.5 Å². The Kier molecular flexibility index (Phi) is 4.08. The highest BCUT2D eigenvalue weighted by molar-refractivity contribution is 5.49. The van der Waals surface area contributed by atoms with E-state index in [-0.39, 0.29) is 5.60 Å². The van der Waals surface area contributed by atoms with Crippen molar-refractivity contribution in [2.24, 2.45) is 5.92 Å². The second-order valence-corrected chi connectivity index (χ2v) is 8.10. The molecule has 136 valence electrons. The normalized spacial score (nSPS) is 28.8. The lowest BCUT2D eigenvalue weighted by molar-refractivity contribution is -0.0814. The van der Waals surface area contributed by atoms with Crippen molar-refractivity contribution >= 4 is 5.69 Å². The number of benzene rings is 1. The van der Waals surface area contributed by atoms with E-state index < -0.39 is 0 Å². The van der Waals surface area contributed by atoms with E-state index in [4.69, 9.17) is 4.74 Å². The number of nitrogens with zero attached hydrogens (tertiary/aromatic N) is 2. The van der Waals surface area contributed by atoms with Crippen LogP contribution in [0.25, 0.3) is 0 Å². The van der Waals surface area contributed by atoms with Gasteiger partial charge >= 0.3 is 0 Å². The van der Waals surface area contributed by atoms with Crippen LogP contribution in [0, 0.1) is 5.92 Å². The summed E-state index contributed by atoms with van der Waals surface area (Å²) in [7, 11) is 0. The Hall–Kier alpha value is -2.07. The maximum atomic E-state index is 6.43. The van der Waals surface area contributed by atoms with Crippen LogP contribution >= 0.6 is 0 Å². The quantitative estimate of drug-likeness (QED) is 0.838. The van der Waals surface area contributed by atoms with E-state index in [9.17, 15) is 0 Å². The van der Waals surface area contributed by atoms with E-state index in [1.54, 1.807) is 0 Å². The van der Waals surface area contributed by atoms with Gasteiger partial charge in [0.1, 0.15) is 5.60 Å². The molecule has 1 aromatic heterocycles. The molecule has 1 N–H and O–H groups in total. The van der Waals surface area contributed by atoms with Gasteiger partial charge in [-0.15, -0.1) is 0 Å². The largest absolute Gasteiger partial charge is 0.469 e. The Balaban J connectivity index is 1.20. The molecule has 3 fully saturated rings. The maximum Gasteiger partial charge on any atom is 0.217 e. The molecule has 26 heavy (non-hydrogen) atoms. The zero-order chi connectivity index (χ0) is 17.4. The van der Waals surface area contributed by atoms with E-state index in [1.165, 1.54) is 37.1 Å². The average molecular weight is 349 g/mol. The summed E-state index contributed by atoms with van der Waals surface area (Å²) in [6.07, 6.45) is 7.74. The number of nitrogens with one attached hydrogen (secondary N) is 1. The molecule has 0 aliphatic carbocycles. The Morgan fingerprint density at radius 1 is 1.19 bits per heavy atom. The fourth-order valence-corrected chi connectivity index (χ4v) is 4.97. The lowest BCUT2D eigenvalue weighted by Crippen LogP contribution is -2.61. The Labute approximate surface area is 155 Å². The van der Waals surface area contributed by atoms with Crippen molar-refractivity contribution < 1.29 is 4.74 Å². The third-order valence-electron chi connectivity index (χ3n) is 6.35. The first-order valence-corrected chi connectivity index (χ1v) is 9.99. The van der Waals surface area contributed by atoms with Crippen LogP contribution in [0.3, 0.4) is 0 Å². The molecule has 0 unspecified atom stereocenters. The van der Waals surface area contributed by atoms with Crippen molar-refractivity contribution in [1.29, 1.82) is 0 Å². The number of fused-ring (bicyclic) bond motifs is 3. The zero-order valence-corrected chi connectivity index (χ0v) is 15.3. The summed E-state index contributed by atoms with van der Waals surface area (Å²) in [5, 5.41) is 3.54. The van der Waals surface area contributed by atoms with Crippen molar-refractivity contribution in [3.05, 3.63) is 53.7 Å². The molecule has 5 heterocycles.